The fourth-order valence-corrected chi connectivity index (χ4v) is 5.57. The van der Waals surface area contributed by atoms with Crippen molar-refractivity contribution in [2.24, 2.45) is 0 Å². The quantitative estimate of drug-likeness (QED) is 0.579. The first-order valence-corrected chi connectivity index (χ1v) is 10.6. The Morgan fingerprint density at radius 1 is 1.17 bits per heavy atom. The minimum Gasteiger partial charge on any atom is -0.493 e. The van der Waals surface area contributed by atoms with Gasteiger partial charge >= 0.3 is 0 Å². The van der Waals surface area contributed by atoms with E-state index in [-0.39, 0.29) is 11.9 Å². The molecule has 151 valence electrons. The fourth-order valence-electron chi connectivity index (χ4n) is 5.57. The van der Waals surface area contributed by atoms with E-state index in [1.54, 1.807) is 7.41 Å². The summed E-state index contributed by atoms with van der Waals surface area (Å²) in [5, 5.41) is 0. The lowest BCUT2D eigenvalue weighted by molar-refractivity contribution is -0.122. The minimum atomic E-state index is -0.804. The van der Waals surface area contributed by atoms with E-state index in [0.717, 1.165) is 65.9 Å². The van der Waals surface area contributed by atoms with E-state index in [2.05, 4.69) is 16.9 Å². The second kappa shape index (κ2) is 6.60. The van der Waals surface area contributed by atoms with Gasteiger partial charge < -0.3 is 24.0 Å². The number of rotatable bonds is 4. The summed E-state index contributed by atoms with van der Waals surface area (Å²) in [5.41, 5.74) is 3.26. The van der Waals surface area contributed by atoms with E-state index in [1.165, 1.54) is 0 Å². The number of nitrogens with zero attached hydrogens (tertiary/aromatic N) is 2. The Labute approximate surface area is 176 Å². The van der Waals surface area contributed by atoms with E-state index in [4.69, 9.17) is 9.47 Å². The van der Waals surface area contributed by atoms with Crippen LogP contribution in [0, 0.1) is 0 Å². The number of fused-ring (bicyclic) bond motifs is 5. The van der Waals surface area contributed by atoms with Crippen molar-refractivity contribution >= 4 is 25.2 Å². The molecule has 1 spiro atoms. The number of carbonyl (C=O) groups is 2. The van der Waals surface area contributed by atoms with Crippen LogP contribution >= 0.6 is 0 Å². The van der Waals surface area contributed by atoms with Crippen LogP contribution in [0.1, 0.15) is 29.5 Å². The summed E-state index contributed by atoms with van der Waals surface area (Å²) in [4.78, 5) is 29.0. The zero-order chi connectivity index (χ0) is 20.3. The molecular formula is C23H22BN2O4. The Kier molecular flexibility index (Phi) is 3.97. The van der Waals surface area contributed by atoms with Crippen molar-refractivity contribution in [2.45, 2.75) is 30.7 Å². The van der Waals surface area contributed by atoms with Crippen LogP contribution in [-0.2, 0) is 21.4 Å². The first kappa shape index (κ1) is 18.0. The van der Waals surface area contributed by atoms with Gasteiger partial charge in [-0.15, -0.1) is 0 Å². The molecule has 6 rings (SSSR count). The van der Waals surface area contributed by atoms with Gasteiger partial charge in [0.15, 0.2) is 0 Å². The molecule has 0 N–H and O–H groups in total. The van der Waals surface area contributed by atoms with Gasteiger partial charge in [0.05, 0.1) is 12.8 Å². The molecule has 2 atom stereocenters. The molecule has 4 aliphatic rings. The molecule has 1 amide bonds. The average Bonchev–Trinajstić information content (AvgIpc) is 3.52. The second-order valence-corrected chi connectivity index (χ2v) is 8.50. The molecular weight excluding hydrogens is 379 g/mol. The topological polar surface area (TPSA) is 59.1 Å². The highest BCUT2D eigenvalue weighted by Crippen LogP contribution is 2.54. The normalized spacial score (nSPS) is 26.3. The van der Waals surface area contributed by atoms with Crippen molar-refractivity contribution in [3.05, 3.63) is 53.1 Å². The van der Waals surface area contributed by atoms with Crippen molar-refractivity contribution < 1.29 is 19.1 Å². The molecule has 1 saturated heterocycles. The number of anilines is 1. The maximum Gasteiger partial charge on any atom is 0.293 e. The van der Waals surface area contributed by atoms with Gasteiger partial charge in [0, 0.05) is 36.3 Å². The van der Waals surface area contributed by atoms with Gasteiger partial charge in [-0.05, 0) is 42.6 Å². The Balaban J connectivity index is 1.43. The van der Waals surface area contributed by atoms with Crippen LogP contribution in [0.2, 0.25) is 0 Å². The Hall–Kier alpha value is -2.80. The van der Waals surface area contributed by atoms with Crippen LogP contribution in [0.25, 0.3) is 0 Å². The highest BCUT2D eigenvalue weighted by molar-refractivity contribution is 6.64. The van der Waals surface area contributed by atoms with Gasteiger partial charge in [-0.2, -0.15) is 0 Å². The summed E-state index contributed by atoms with van der Waals surface area (Å²) in [5.74, 6) is 1.68. The molecule has 0 bridgehead atoms. The monoisotopic (exact) mass is 401 g/mol. The molecule has 1 radical (unpaired) electrons. The van der Waals surface area contributed by atoms with E-state index in [0.29, 0.717) is 19.8 Å². The molecule has 30 heavy (non-hydrogen) atoms. The van der Waals surface area contributed by atoms with Crippen molar-refractivity contribution in [3.8, 4) is 11.5 Å². The largest absolute Gasteiger partial charge is 0.493 e. The number of ether oxygens (including phenoxy) is 2. The van der Waals surface area contributed by atoms with E-state index in [9.17, 15) is 9.59 Å². The van der Waals surface area contributed by atoms with Gasteiger partial charge in [0.1, 0.15) is 23.5 Å². The molecule has 4 heterocycles. The molecule has 1 fully saturated rings. The van der Waals surface area contributed by atoms with Crippen molar-refractivity contribution in [3.63, 3.8) is 0 Å². The molecule has 2 aromatic carbocycles. The molecule has 1 unspecified atom stereocenters. The van der Waals surface area contributed by atoms with Crippen LogP contribution in [0.3, 0.4) is 0 Å². The smallest absolute Gasteiger partial charge is 0.293 e. The minimum absolute atomic E-state index is 0.0688. The third kappa shape index (κ3) is 2.35. The standard InChI is InChI=1S/C23H22BN2O4/c27-14-24-26-8-3-4-16(26)12-25-19-6-2-1-5-17(19)23(22(25)28)13-30-21-11-20-15(7-9-29-20)10-18(21)23/h1-2,5-6,10-11,14,16H,3-4,7-9,12-13H2/t16-,23?/m0/s1. The van der Waals surface area contributed by atoms with Crippen LogP contribution in [0.4, 0.5) is 5.69 Å². The van der Waals surface area contributed by atoms with Crippen LogP contribution in [0.15, 0.2) is 36.4 Å². The average molecular weight is 401 g/mol. The number of hydrogen-bond donors (Lipinski definition) is 0. The highest BCUT2D eigenvalue weighted by Gasteiger charge is 2.57. The lowest BCUT2D eigenvalue weighted by Crippen LogP contribution is -2.48. The van der Waals surface area contributed by atoms with Gasteiger partial charge in [-0.25, -0.2) is 0 Å². The van der Waals surface area contributed by atoms with Crippen LogP contribution in [0.5, 0.6) is 11.5 Å². The van der Waals surface area contributed by atoms with Crippen molar-refractivity contribution in [1.29, 1.82) is 0 Å². The molecule has 2 aromatic rings. The highest BCUT2D eigenvalue weighted by atomic mass is 16.5. The maximum atomic E-state index is 14.0. The number of amides is 1. The first-order chi connectivity index (χ1) is 14.7. The Morgan fingerprint density at radius 2 is 2.07 bits per heavy atom. The maximum absolute atomic E-state index is 14.0. The summed E-state index contributed by atoms with van der Waals surface area (Å²) in [6.07, 6.45) is 3.70. The fraction of sp³-hybridized carbons (Fsp3) is 0.391. The van der Waals surface area contributed by atoms with E-state index in [1.807, 2.05) is 29.2 Å². The zero-order valence-corrected chi connectivity index (χ0v) is 16.7. The predicted molar refractivity (Wildman–Crippen MR) is 113 cm³/mol. The molecule has 4 aliphatic heterocycles. The van der Waals surface area contributed by atoms with Crippen LogP contribution in [-0.4, -0.2) is 56.7 Å². The Bertz CT molecular complexity index is 1060. The van der Waals surface area contributed by atoms with Gasteiger partial charge in [0.2, 0.25) is 5.91 Å². The molecule has 0 aliphatic carbocycles. The summed E-state index contributed by atoms with van der Waals surface area (Å²) < 4.78 is 11.8. The van der Waals surface area contributed by atoms with E-state index < -0.39 is 5.41 Å². The van der Waals surface area contributed by atoms with Crippen molar-refractivity contribution in [1.82, 2.24) is 4.81 Å². The number of para-hydroxylation sites is 1. The lowest BCUT2D eigenvalue weighted by Gasteiger charge is -2.29. The molecule has 0 aromatic heterocycles. The molecule has 0 saturated carbocycles. The third-order valence-corrected chi connectivity index (χ3v) is 7.03. The van der Waals surface area contributed by atoms with Gasteiger partial charge in [-0.1, -0.05) is 18.2 Å². The predicted octanol–water partition coefficient (Wildman–Crippen LogP) is 1.92. The van der Waals surface area contributed by atoms with Gasteiger partial charge in [0.25, 0.3) is 7.41 Å². The lowest BCUT2D eigenvalue weighted by atomic mass is 9.76. The van der Waals surface area contributed by atoms with Crippen LogP contribution < -0.4 is 14.4 Å². The summed E-state index contributed by atoms with van der Waals surface area (Å²) in [6, 6.07) is 12.3. The summed E-state index contributed by atoms with van der Waals surface area (Å²) >= 11 is 0. The third-order valence-electron chi connectivity index (χ3n) is 7.03. The number of carbonyl (C=O) groups excluding carboxylic acids is 2. The summed E-state index contributed by atoms with van der Waals surface area (Å²) in [7, 11) is 1.61. The van der Waals surface area contributed by atoms with Gasteiger partial charge in [-0.3, -0.25) is 4.79 Å². The number of benzene rings is 2. The number of hydrogen-bond acceptors (Lipinski definition) is 5. The molecule has 7 heteroatoms. The van der Waals surface area contributed by atoms with E-state index >= 15 is 0 Å². The molecule has 6 nitrogen and oxygen atoms in total. The Morgan fingerprint density at radius 3 is 2.97 bits per heavy atom. The first-order valence-electron chi connectivity index (χ1n) is 10.6. The SMILES string of the molecule is O=C[B]N1CCC[C@H]1CN1C(=O)C2(COc3cc4c(cc32)CCO4)c2ccccc21. The summed E-state index contributed by atoms with van der Waals surface area (Å²) in [6.45, 7) is 2.42. The van der Waals surface area contributed by atoms with Crippen molar-refractivity contribution in [2.75, 3.05) is 31.2 Å². The second-order valence-electron chi connectivity index (χ2n) is 8.50. The zero-order valence-electron chi connectivity index (χ0n) is 16.7.